The van der Waals surface area contributed by atoms with Gasteiger partial charge in [0.15, 0.2) is 0 Å². The lowest BCUT2D eigenvalue weighted by Crippen LogP contribution is -2.35. The van der Waals surface area contributed by atoms with Crippen LogP contribution in [-0.4, -0.2) is 22.8 Å². The van der Waals surface area contributed by atoms with E-state index in [0.717, 1.165) is 24.3 Å². The lowest BCUT2D eigenvalue weighted by atomic mass is 9.81. The van der Waals surface area contributed by atoms with Crippen molar-refractivity contribution in [2.24, 2.45) is 23.7 Å². The van der Waals surface area contributed by atoms with E-state index >= 15 is 0 Å². The van der Waals surface area contributed by atoms with Crippen LogP contribution in [0.15, 0.2) is 30.3 Å². The van der Waals surface area contributed by atoms with Gasteiger partial charge in [-0.1, -0.05) is 18.2 Å². The van der Waals surface area contributed by atoms with E-state index in [9.17, 15) is 14.4 Å². The minimum Gasteiger partial charge on any atom is -0.325 e. The van der Waals surface area contributed by atoms with Gasteiger partial charge in [-0.15, -0.1) is 5.06 Å². The number of amides is 2. The number of carbonyl (C=O) groups excluding carboxylic acids is 3. The Morgan fingerprint density at radius 3 is 2.14 bits per heavy atom. The van der Waals surface area contributed by atoms with Crippen molar-refractivity contribution in [1.82, 2.24) is 5.06 Å². The first-order chi connectivity index (χ1) is 10.2. The maximum Gasteiger partial charge on any atom is 0.363 e. The van der Waals surface area contributed by atoms with Crippen molar-refractivity contribution < 1.29 is 19.2 Å². The van der Waals surface area contributed by atoms with Gasteiger partial charge in [0.1, 0.15) is 0 Å². The molecule has 2 saturated carbocycles. The minimum atomic E-state index is -0.662. The number of hydroxylamine groups is 2. The third-order valence-corrected chi connectivity index (χ3v) is 5.07. The van der Waals surface area contributed by atoms with Crippen LogP contribution in [0.5, 0.6) is 0 Å². The van der Waals surface area contributed by atoms with Crippen LogP contribution in [0.1, 0.15) is 29.6 Å². The van der Waals surface area contributed by atoms with E-state index in [1.54, 1.807) is 30.3 Å². The van der Waals surface area contributed by atoms with E-state index < -0.39 is 5.97 Å². The van der Waals surface area contributed by atoms with Crippen LogP contribution in [0.25, 0.3) is 0 Å². The van der Waals surface area contributed by atoms with Crippen LogP contribution >= 0.6 is 0 Å². The molecule has 4 rings (SSSR count). The average Bonchev–Trinajstić information content (AvgIpc) is 3.18. The first-order valence-corrected chi connectivity index (χ1v) is 7.32. The first-order valence-electron chi connectivity index (χ1n) is 7.32. The summed E-state index contributed by atoms with van der Waals surface area (Å²) >= 11 is 0. The average molecular weight is 285 g/mol. The second-order valence-corrected chi connectivity index (χ2v) is 6.10. The third kappa shape index (κ3) is 1.73. The molecule has 1 saturated heterocycles. The van der Waals surface area contributed by atoms with Crippen LogP contribution in [0.4, 0.5) is 0 Å². The normalized spacial score (nSPS) is 33.4. The SMILES string of the molecule is O=C(ON1C(=O)[C@@H]2[C@H]3CC[C@@H](C3)[C@@H]2C1=O)c1ccccc1. The molecule has 5 nitrogen and oxygen atoms in total. The summed E-state index contributed by atoms with van der Waals surface area (Å²) in [5.41, 5.74) is 0.332. The summed E-state index contributed by atoms with van der Waals surface area (Å²) in [5.74, 6) is -1.28. The smallest absolute Gasteiger partial charge is 0.325 e. The predicted octanol–water partition coefficient (Wildman–Crippen LogP) is 1.79. The van der Waals surface area contributed by atoms with Crippen LogP contribution in [0, 0.1) is 23.7 Å². The fraction of sp³-hybridized carbons (Fsp3) is 0.438. The Morgan fingerprint density at radius 2 is 1.57 bits per heavy atom. The summed E-state index contributed by atoms with van der Waals surface area (Å²) in [6, 6.07) is 8.39. The number of hydrogen-bond donors (Lipinski definition) is 0. The zero-order valence-corrected chi connectivity index (χ0v) is 11.4. The van der Waals surface area contributed by atoms with Gasteiger partial charge in [0.25, 0.3) is 11.8 Å². The van der Waals surface area contributed by atoms with Crippen molar-refractivity contribution >= 4 is 17.8 Å². The first kappa shape index (κ1) is 12.6. The topological polar surface area (TPSA) is 63.7 Å². The van der Waals surface area contributed by atoms with Gasteiger partial charge in [-0.2, -0.15) is 0 Å². The Hall–Kier alpha value is -2.17. The predicted molar refractivity (Wildman–Crippen MR) is 71.5 cm³/mol. The number of hydrogen-bond acceptors (Lipinski definition) is 4. The second-order valence-electron chi connectivity index (χ2n) is 6.10. The Balaban J connectivity index is 1.56. The number of benzene rings is 1. The molecule has 1 aromatic carbocycles. The molecule has 1 aromatic rings. The highest BCUT2D eigenvalue weighted by molar-refractivity contribution is 6.06. The van der Waals surface area contributed by atoms with Crippen molar-refractivity contribution in [2.45, 2.75) is 19.3 Å². The van der Waals surface area contributed by atoms with Gasteiger partial charge in [-0.05, 0) is 43.2 Å². The van der Waals surface area contributed by atoms with E-state index in [0.29, 0.717) is 5.56 Å². The molecule has 0 radical (unpaired) electrons. The number of nitrogens with zero attached hydrogens (tertiary/aromatic N) is 1. The van der Waals surface area contributed by atoms with Gasteiger partial charge in [-0.3, -0.25) is 9.59 Å². The van der Waals surface area contributed by atoms with E-state index in [1.807, 2.05) is 0 Å². The zero-order valence-electron chi connectivity index (χ0n) is 11.4. The van der Waals surface area contributed by atoms with Gasteiger partial charge >= 0.3 is 5.97 Å². The molecule has 0 unspecified atom stereocenters. The van der Waals surface area contributed by atoms with Crippen molar-refractivity contribution in [3.8, 4) is 0 Å². The molecule has 4 atom stereocenters. The molecule has 1 heterocycles. The van der Waals surface area contributed by atoms with Gasteiger partial charge in [0, 0.05) is 0 Å². The molecule has 5 heteroatoms. The van der Waals surface area contributed by atoms with Crippen LogP contribution < -0.4 is 0 Å². The zero-order chi connectivity index (χ0) is 14.6. The Morgan fingerprint density at radius 1 is 1.00 bits per heavy atom. The van der Waals surface area contributed by atoms with Gasteiger partial charge in [0.05, 0.1) is 17.4 Å². The second kappa shape index (κ2) is 4.41. The summed E-state index contributed by atoms with van der Waals surface area (Å²) in [4.78, 5) is 41.9. The highest BCUT2D eigenvalue weighted by Gasteiger charge is 2.62. The summed E-state index contributed by atoms with van der Waals surface area (Å²) < 4.78 is 0. The lowest BCUT2D eigenvalue weighted by Gasteiger charge is -2.18. The maximum absolute atomic E-state index is 12.4. The number of carbonyl (C=O) groups is 3. The van der Waals surface area contributed by atoms with Crippen molar-refractivity contribution in [1.29, 1.82) is 0 Å². The molecule has 108 valence electrons. The van der Waals surface area contributed by atoms with Crippen LogP contribution in [0.3, 0.4) is 0 Å². The Labute approximate surface area is 121 Å². The number of imide groups is 1. The fourth-order valence-corrected chi connectivity index (χ4v) is 4.18. The molecule has 21 heavy (non-hydrogen) atoms. The van der Waals surface area contributed by atoms with Crippen molar-refractivity contribution in [3.05, 3.63) is 35.9 Å². The highest BCUT2D eigenvalue weighted by atomic mass is 16.7. The highest BCUT2D eigenvalue weighted by Crippen LogP contribution is 2.56. The minimum absolute atomic E-state index is 0.264. The molecule has 2 amide bonds. The van der Waals surface area contributed by atoms with E-state index in [1.165, 1.54) is 0 Å². The monoisotopic (exact) mass is 285 g/mol. The van der Waals surface area contributed by atoms with Crippen LogP contribution in [0.2, 0.25) is 0 Å². The van der Waals surface area contributed by atoms with Crippen LogP contribution in [-0.2, 0) is 14.4 Å². The molecule has 0 aromatic heterocycles. The molecule has 2 bridgehead atoms. The molecule has 0 spiro atoms. The molecule has 1 aliphatic heterocycles. The largest absolute Gasteiger partial charge is 0.363 e. The van der Waals surface area contributed by atoms with Gasteiger partial charge < -0.3 is 4.84 Å². The molecular formula is C16H15NO4. The maximum atomic E-state index is 12.4. The van der Waals surface area contributed by atoms with Crippen molar-refractivity contribution in [3.63, 3.8) is 0 Å². The van der Waals surface area contributed by atoms with Crippen molar-refractivity contribution in [2.75, 3.05) is 0 Å². The van der Waals surface area contributed by atoms with E-state index in [4.69, 9.17) is 4.84 Å². The third-order valence-electron chi connectivity index (χ3n) is 5.07. The number of rotatable bonds is 2. The number of fused-ring (bicyclic) bond motifs is 5. The summed E-state index contributed by atoms with van der Waals surface area (Å²) in [6.07, 6.45) is 2.98. The molecular weight excluding hydrogens is 270 g/mol. The fourth-order valence-electron chi connectivity index (χ4n) is 4.18. The molecule has 3 fully saturated rings. The van der Waals surface area contributed by atoms with Gasteiger partial charge in [-0.25, -0.2) is 4.79 Å². The molecule has 0 N–H and O–H groups in total. The van der Waals surface area contributed by atoms with Gasteiger partial charge in [0.2, 0.25) is 0 Å². The summed E-state index contributed by atoms with van der Waals surface area (Å²) in [5, 5.41) is 0.717. The Bertz CT molecular complexity index is 598. The summed E-state index contributed by atoms with van der Waals surface area (Å²) in [7, 11) is 0. The summed E-state index contributed by atoms with van der Waals surface area (Å²) in [6.45, 7) is 0. The molecule has 2 aliphatic carbocycles. The van der Waals surface area contributed by atoms with E-state index in [-0.39, 0.29) is 35.5 Å². The molecule has 3 aliphatic rings. The quantitative estimate of drug-likeness (QED) is 0.777. The lowest BCUT2D eigenvalue weighted by molar-refractivity contribution is -0.175. The standard InChI is InChI=1S/C16H15NO4/c18-14-12-10-6-7-11(8-10)13(12)15(19)17(14)21-16(20)9-4-2-1-3-5-9/h1-5,10-13H,6-8H2/t10-,11-,12-,13+/m0/s1. The Kier molecular flexibility index (Phi) is 2.64. The van der Waals surface area contributed by atoms with E-state index in [2.05, 4.69) is 0 Å².